The molecule has 3 nitrogen and oxygen atoms in total. The molecule has 0 spiro atoms. The van der Waals surface area contributed by atoms with Gasteiger partial charge in [0.25, 0.3) is 0 Å². The molecule has 1 heterocycles. The molecule has 1 atom stereocenters. The molecule has 0 bridgehead atoms. The summed E-state index contributed by atoms with van der Waals surface area (Å²) >= 11 is 0. The lowest BCUT2D eigenvalue weighted by Crippen LogP contribution is -2.22. The summed E-state index contributed by atoms with van der Waals surface area (Å²) in [6.07, 6.45) is 3.96. The zero-order valence-electron chi connectivity index (χ0n) is 12.4. The fourth-order valence-electron chi connectivity index (χ4n) is 2.40. The molecule has 1 unspecified atom stereocenters. The van der Waals surface area contributed by atoms with Gasteiger partial charge in [-0.15, -0.1) is 0 Å². The number of ether oxygens (including phenoxy) is 1. The third-order valence-electron chi connectivity index (χ3n) is 3.33. The van der Waals surface area contributed by atoms with Crippen molar-refractivity contribution in [2.75, 3.05) is 7.11 Å². The summed E-state index contributed by atoms with van der Waals surface area (Å²) in [7, 11) is 1.65. The summed E-state index contributed by atoms with van der Waals surface area (Å²) in [5, 5.41) is 4.27. The molecule has 2 aromatic rings. The summed E-state index contributed by atoms with van der Waals surface area (Å²) < 4.78 is 21.2. The van der Waals surface area contributed by atoms with E-state index in [0.29, 0.717) is 6.42 Å². The first-order chi connectivity index (χ1) is 9.40. The second-order valence-electron chi connectivity index (χ2n) is 5.65. The van der Waals surface area contributed by atoms with Crippen molar-refractivity contribution < 1.29 is 9.13 Å². The summed E-state index contributed by atoms with van der Waals surface area (Å²) in [4.78, 5) is 0. The number of halogens is 1. The van der Waals surface area contributed by atoms with E-state index in [-0.39, 0.29) is 6.04 Å². The van der Waals surface area contributed by atoms with Gasteiger partial charge in [0, 0.05) is 18.8 Å². The lowest BCUT2D eigenvalue weighted by Gasteiger charge is -2.24. The number of benzene rings is 1. The van der Waals surface area contributed by atoms with Crippen molar-refractivity contribution in [2.24, 2.45) is 0 Å². The molecule has 0 fully saturated rings. The van der Waals surface area contributed by atoms with Crippen LogP contribution in [0.1, 0.15) is 37.4 Å². The largest absolute Gasteiger partial charge is 0.496 e. The first-order valence-electron chi connectivity index (χ1n) is 6.73. The Balaban J connectivity index is 2.38. The van der Waals surface area contributed by atoms with Crippen molar-refractivity contribution in [3.8, 4) is 5.75 Å². The molecule has 0 saturated carbocycles. The van der Waals surface area contributed by atoms with Gasteiger partial charge < -0.3 is 4.74 Å². The number of methoxy groups -OCH3 is 1. The van der Waals surface area contributed by atoms with Crippen molar-refractivity contribution in [1.82, 2.24) is 9.78 Å². The van der Waals surface area contributed by atoms with Crippen LogP contribution in [0.25, 0.3) is 0 Å². The molecule has 1 aromatic heterocycles. The molecular weight excluding hydrogens is 255 g/mol. The van der Waals surface area contributed by atoms with Gasteiger partial charge >= 0.3 is 0 Å². The maximum absolute atomic E-state index is 14.1. The number of aryl methyl sites for hydroxylation is 1. The van der Waals surface area contributed by atoms with Crippen LogP contribution in [0.2, 0.25) is 0 Å². The minimum atomic E-state index is -1.26. The Morgan fingerprint density at radius 3 is 2.65 bits per heavy atom. The van der Waals surface area contributed by atoms with Crippen LogP contribution in [-0.4, -0.2) is 22.6 Å². The Kier molecular flexibility index (Phi) is 4.12. The van der Waals surface area contributed by atoms with E-state index in [0.717, 1.165) is 16.9 Å². The third kappa shape index (κ3) is 3.38. The topological polar surface area (TPSA) is 27.1 Å². The van der Waals surface area contributed by atoms with Gasteiger partial charge in [-0.2, -0.15) is 5.10 Å². The third-order valence-corrected chi connectivity index (χ3v) is 3.33. The predicted molar refractivity (Wildman–Crippen MR) is 77.9 cm³/mol. The zero-order valence-corrected chi connectivity index (χ0v) is 12.4. The SMILES string of the molecule is COc1ccc(C(CC(C)(C)F)n2cccn2)cc1C. The Labute approximate surface area is 119 Å². The first-order valence-corrected chi connectivity index (χ1v) is 6.73. The number of nitrogens with zero attached hydrogens (tertiary/aromatic N) is 2. The standard InChI is InChI=1S/C16H21FN2O/c1-12-10-13(6-7-15(12)20-4)14(11-16(2,3)17)19-9-5-8-18-19/h5-10,14H,11H2,1-4H3. The molecule has 0 amide bonds. The number of rotatable bonds is 5. The Morgan fingerprint density at radius 1 is 1.40 bits per heavy atom. The Bertz CT molecular complexity index is 558. The minimum absolute atomic E-state index is 0.116. The van der Waals surface area contributed by atoms with Crippen molar-refractivity contribution in [2.45, 2.75) is 38.9 Å². The molecule has 0 aliphatic heterocycles. The normalized spacial score (nSPS) is 13.2. The van der Waals surface area contributed by atoms with E-state index in [4.69, 9.17) is 4.74 Å². The highest BCUT2D eigenvalue weighted by Crippen LogP contribution is 2.31. The highest BCUT2D eigenvalue weighted by Gasteiger charge is 2.25. The maximum Gasteiger partial charge on any atom is 0.121 e. The zero-order chi connectivity index (χ0) is 14.8. The van der Waals surface area contributed by atoms with E-state index in [9.17, 15) is 4.39 Å². The van der Waals surface area contributed by atoms with E-state index in [1.165, 1.54) is 0 Å². The molecule has 2 rings (SSSR count). The lowest BCUT2D eigenvalue weighted by molar-refractivity contribution is 0.176. The van der Waals surface area contributed by atoms with Crippen LogP contribution < -0.4 is 4.74 Å². The average Bonchev–Trinajstić information content (AvgIpc) is 2.88. The van der Waals surface area contributed by atoms with Gasteiger partial charge in [-0.05, 0) is 44.0 Å². The van der Waals surface area contributed by atoms with Gasteiger partial charge in [0.1, 0.15) is 11.4 Å². The fourth-order valence-corrected chi connectivity index (χ4v) is 2.40. The molecule has 0 N–H and O–H groups in total. The molecule has 108 valence electrons. The van der Waals surface area contributed by atoms with Crippen LogP contribution in [0.5, 0.6) is 5.75 Å². The van der Waals surface area contributed by atoms with Crippen molar-refractivity contribution in [3.05, 3.63) is 47.8 Å². The van der Waals surface area contributed by atoms with Crippen LogP contribution in [0.4, 0.5) is 4.39 Å². The average molecular weight is 276 g/mol. The molecule has 0 radical (unpaired) electrons. The Hall–Kier alpha value is -1.84. The van der Waals surface area contributed by atoms with Gasteiger partial charge in [0.05, 0.1) is 13.2 Å². The van der Waals surface area contributed by atoms with E-state index < -0.39 is 5.67 Å². The molecule has 20 heavy (non-hydrogen) atoms. The molecule has 0 aliphatic carbocycles. The molecule has 4 heteroatoms. The maximum atomic E-state index is 14.1. The van der Waals surface area contributed by atoms with Crippen molar-refractivity contribution in [3.63, 3.8) is 0 Å². The molecule has 0 saturated heterocycles. The van der Waals surface area contributed by atoms with Crippen molar-refractivity contribution >= 4 is 0 Å². The summed E-state index contributed by atoms with van der Waals surface area (Å²) in [6, 6.07) is 7.68. The molecule has 1 aromatic carbocycles. The minimum Gasteiger partial charge on any atom is -0.496 e. The lowest BCUT2D eigenvalue weighted by atomic mass is 9.94. The smallest absolute Gasteiger partial charge is 0.121 e. The van der Waals surface area contributed by atoms with Crippen LogP contribution in [-0.2, 0) is 0 Å². The van der Waals surface area contributed by atoms with Gasteiger partial charge in [0.2, 0.25) is 0 Å². The van der Waals surface area contributed by atoms with E-state index in [1.54, 1.807) is 27.2 Å². The van der Waals surface area contributed by atoms with Crippen LogP contribution in [0, 0.1) is 6.92 Å². The van der Waals surface area contributed by atoms with Crippen LogP contribution in [0.3, 0.4) is 0 Å². The second kappa shape index (κ2) is 5.65. The van der Waals surface area contributed by atoms with E-state index in [1.807, 2.05) is 42.1 Å². The van der Waals surface area contributed by atoms with Gasteiger partial charge in [-0.3, -0.25) is 4.68 Å². The number of hydrogen-bond acceptors (Lipinski definition) is 2. The fraction of sp³-hybridized carbons (Fsp3) is 0.438. The summed E-state index contributed by atoms with van der Waals surface area (Å²) in [6.45, 7) is 5.18. The highest BCUT2D eigenvalue weighted by molar-refractivity contribution is 5.37. The van der Waals surface area contributed by atoms with E-state index >= 15 is 0 Å². The summed E-state index contributed by atoms with van der Waals surface area (Å²) in [5.74, 6) is 0.840. The quantitative estimate of drug-likeness (QED) is 0.827. The van der Waals surface area contributed by atoms with Crippen molar-refractivity contribution in [1.29, 1.82) is 0 Å². The van der Waals surface area contributed by atoms with Crippen LogP contribution in [0.15, 0.2) is 36.7 Å². The number of alkyl halides is 1. The summed E-state index contributed by atoms with van der Waals surface area (Å²) in [5.41, 5.74) is 0.821. The highest BCUT2D eigenvalue weighted by atomic mass is 19.1. The van der Waals surface area contributed by atoms with Crippen LogP contribution >= 0.6 is 0 Å². The number of aromatic nitrogens is 2. The first kappa shape index (κ1) is 14.6. The molecular formula is C16H21FN2O. The monoisotopic (exact) mass is 276 g/mol. The van der Waals surface area contributed by atoms with Gasteiger partial charge in [-0.1, -0.05) is 12.1 Å². The predicted octanol–water partition coefficient (Wildman–Crippen LogP) is 3.93. The second-order valence-corrected chi connectivity index (χ2v) is 5.65. The Morgan fingerprint density at radius 2 is 2.15 bits per heavy atom. The van der Waals surface area contributed by atoms with Gasteiger partial charge in [0.15, 0.2) is 0 Å². The van der Waals surface area contributed by atoms with E-state index in [2.05, 4.69) is 5.10 Å². The number of hydrogen-bond donors (Lipinski definition) is 0. The molecule has 0 aliphatic rings. The van der Waals surface area contributed by atoms with Gasteiger partial charge in [-0.25, -0.2) is 4.39 Å².